The van der Waals surface area contributed by atoms with Gasteiger partial charge >= 0.3 is 6.09 Å². The summed E-state index contributed by atoms with van der Waals surface area (Å²) in [4.78, 5) is 13.2. The summed E-state index contributed by atoms with van der Waals surface area (Å²) in [5.41, 5.74) is 5.60. The van der Waals surface area contributed by atoms with E-state index in [1.165, 1.54) is 0 Å². The van der Waals surface area contributed by atoms with Gasteiger partial charge in [-0.3, -0.25) is 0 Å². The van der Waals surface area contributed by atoms with Crippen molar-refractivity contribution in [3.05, 3.63) is 0 Å². The highest BCUT2D eigenvalue weighted by Crippen LogP contribution is 2.17. The minimum Gasteiger partial charge on any atom is -0.449 e. The van der Waals surface area contributed by atoms with Crippen molar-refractivity contribution in [2.45, 2.75) is 38.8 Å². The molecule has 1 aliphatic rings. The minimum atomic E-state index is -0.212. The molecule has 1 fully saturated rings. The molecule has 4 heteroatoms. The molecule has 4 nitrogen and oxygen atoms in total. The van der Waals surface area contributed by atoms with Crippen molar-refractivity contribution in [3.63, 3.8) is 0 Å². The van der Waals surface area contributed by atoms with Crippen LogP contribution in [0.1, 0.15) is 26.7 Å². The van der Waals surface area contributed by atoms with Gasteiger partial charge in [0.1, 0.15) is 0 Å². The van der Waals surface area contributed by atoms with Gasteiger partial charge in [-0.05, 0) is 13.3 Å². The molecule has 0 radical (unpaired) electrons. The number of nitrogens with zero attached hydrogens (tertiary/aromatic N) is 1. The molecule has 0 spiro atoms. The molecule has 0 aromatic heterocycles. The smallest absolute Gasteiger partial charge is 0.410 e. The Bertz CT molecular complexity index is 184. The van der Waals surface area contributed by atoms with Crippen molar-refractivity contribution in [2.75, 3.05) is 13.2 Å². The molecular weight excluding hydrogens is 168 g/mol. The van der Waals surface area contributed by atoms with E-state index in [4.69, 9.17) is 10.5 Å². The molecule has 0 aliphatic carbocycles. The molecule has 1 saturated heterocycles. The number of nitrogens with two attached hydrogens (primary N) is 1. The summed E-state index contributed by atoms with van der Waals surface area (Å²) in [6, 6.07) is 0.387. The van der Waals surface area contributed by atoms with Crippen molar-refractivity contribution in [3.8, 4) is 0 Å². The minimum absolute atomic E-state index is 0.163. The van der Waals surface area contributed by atoms with Gasteiger partial charge in [-0.15, -0.1) is 0 Å². The molecule has 1 rings (SSSR count). The molecule has 2 unspecified atom stereocenters. The third-order valence-electron chi connectivity index (χ3n) is 2.62. The van der Waals surface area contributed by atoms with Crippen LogP contribution in [-0.2, 0) is 4.74 Å². The van der Waals surface area contributed by atoms with E-state index in [1.807, 2.05) is 6.92 Å². The standard InChI is InChI=1S/C9H18N2O2/c1-3-7(2)11-8(6-10)4-5-13-9(11)12/h7-8H,3-6,10H2,1-2H3. The number of carbonyl (C=O) groups is 1. The topological polar surface area (TPSA) is 55.6 Å². The number of ether oxygens (including phenoxy) is 1. The Kier molecular flexibility index (Phi) is 3.54. The van der Waals surface area contributed by atoms with Gasteiger partial charge in [-0.2, -0.15) is 0 Å². The molecule has 2 N–H and O–H groups in total. The first-order valence-corrected chi connectivity index (χ1v) is 4.85. The lowest BCUT2D eigenvalue weighted by molar-refractivity contribution is 0.0290. The van der Waals surface area contributed by atoms with Crippen LogP contribution in [0.25, 0.3) is 0 Å². The summed E-state index contributed by atoms with van der Waals surface area (Å²) >= 11 is 0. The highest BCUT2D eigenvalue weighted by molar-refractivity contribution is 5.69. The van der Waals surface area contributed by atoms with Gasteiger partial charge in [0.05, 0.1) is 12.6 Å². The van der Waals surface area contributed by atoms with Gasteiger partial charge in [0, 0.05) is 19.0 Å². The van der Waals surface area contributed by atoms with Gasteiger partial charge in [0.15, 0.2) is 0 Å². The summed E-state index contributed by atoms with van der Waals surface area (Å²) in [5.74, 6) is 0. The Morgan fingerprint density at radius 1 is 1.77 bits per heavy atom. The number of amides is 1. The van der Waals surface area contributed by atoms with Crippen LogP contribution >= 0.6 is 0 Å². The average Bonchev–Trinajstić information content (AvgIpc) is 2.16. The molecule has 1 amide bonds. The van der Waals surface area contributed by atoms with Crippen LogP contribution in [0.15, 0.2) is 0 Å². The SMILES string of the molecule is CCC(C)N1C(=O)OCCC1CN. The van der Waals surface area contributed by atoms with Gasteiger partial charge < -0.3 is 15.4 Å². The zero-order valence-corrected chi connectivity index (χ0v) is 8.32. The number of rotatable bonds is 3. The summed E-state index contributed by atoms with van der Waals surface area (Å²) in [6.07, 6.45) is 1.58. The predicted octanol–water partition coefficient (Wildman–Crippen LogP) is 0.954. The summed E-state index contributed by atoms with van der Waals surface area (Å²) in [5, 5.41) is 0. The first-order valence-electron chi connectivity index (χ1n) is 4.85. The molecule has 0 bridgehead atoms. The molecule has 2 atom stereocenters. The quantitative estimate of drug-likeness (QED) is 0.714. The predicted molar refractivity (Wildman–Crippen MR) is 50.4 cm³/mol. The van der Waals surface area contributed by atoms with E-state index in [0.717, 1.165) is 12.8 Å². The second kappa shape index (κ2) is 4.46. The monoisotopic (exact) mass is 186 g/mol. The molecule has 1 heterocycles. The zero-order chi connectivity index (χ0) is 9.84. The number of cyclic esters (lactones) is 1. The van der Waals surface area contributed by atoms with Gasteiger partial charge in [-0.25, -0.2) is 4.79 Å². The lowest BCUT2D eigenvalue weighted by Gasteiger charge is -2.38. The Labute approximate surface area is 79.0 Å². The van der Waals surface area contributed by atoms with Crippen LogP contribution in [0.2, 0.25) is 0 Å². The van der Waals surface area contributed by atoms with Crippen LogP contribution in [0, 0.1) is 0 Å². The van der Waals surface area contributed by atoms with Crippen molar-refractivity contribution in [1.82, 2.24) is 4.90 Å². The van der Waals surface area contributed by atoms with Gasteiger partial charge in [0.2, 0.25) is 0 Å². The van der Waals surface area contributed by atoms with Crippen LogP contribution < -0.4 is 5.73 Å². The maximum atomic E-state index is 11.4. The molecule has 0 aromatic rings. The molecule has 0 saturated carbocycles. The fraction of sp³-hybridized carbons (Fsp3) is 0.889. The largest absolute Gasteiger partial charge is 0.449 e. The molecule has 0 aromatic carbocycles. The maximum Gasteiger partial charge on any atom is 0.410 e. The lowest BCUT2D eigenvalue weighted by Crippen LogP contribution is -2.52. The van der Waals surface area contributed by atoms with Crippen LogP contribution in [0.5, 0.6) is 0 Å². The Morgan fingerprint density at radius 3 is 3.00 bits per heavy atom. The maximum absolute atomic E-state index is 11.4. The number of carbonyl (C=O) groups excluding carboxylic acids is 1. The third kappa shape index (κ3) is 2.12. The van der Waals surface area contributed by atoms with Crippen molar-refractivity contribution >= 4 is 6.09 Å². The summed E-state index contributed by atoms with van der Waals surface area (Å²) in [6.45, 7) is 5.11. The zero-order valence-electron chi connectivity index (χ0n) is 8.32. The Balaban J connectivity index is 2.67. The molecular formula is C9H18N2O2. The number of hydrogen-bond donors (Lipinski definition) is 1. The van der Waals surface area contributed by atoms with E-state index in [-0.39, 0.29) is 18.2 Å². The van der Waals surface area contributed by atoms with Crippen molar-refractivity contribution in [2.24, 2.45) is 5.73 Å². The fourth-order valence-electron chi connectivity index (χ4n) is 1.61. The van der Waals surface area contributed by atoms with Crippen LogP contribution in [0.3, 0.4) is 0 Å². The van der Waals surface area contributed by atoms with E-state index in [2.05, 4.69) is 6.92 Å². The first-order chi connectivity index (χ1) is 6.20. The highest BCUT2D eigenvalue weighted by Gasteiger charge is 2.31. The summed E-state index contributed by atoms with van der Waals surface area (Å²) < 4.78 is 4.98. The summed E-state index contributed by atoms with van der Waals surface area (Å²) in [7, 11) is 0. The van der Waals surface area contributed by atoms with Crippen molar-refractivity contribution in [1.29, 1.82) is 0 Å². The second-order valence-corrected chi connectivity index (χ2v) is 3.46. The number of hydrogen-bond acceptors (Lipinski definition) is 3. The van der Waals surface area contributed by atoms with Gasteiger partial charge in [0.25, 0.3) is 0 Å². The molecule has 76 valence electrons. The second-order valence-electron chi connectivity index (χ2n) is 3.46. The van der Waals surface area contributed by atoms with E-state index in [1.54, 1.807) is 4.90 Å². The van der Waals surface area contributed by atoms with Crippen LogP contribution in [0.4, 0.5) is 4.79 Å². The molecule has 1 aliphatic heterocycles. The van der Waals surface area contributed by atoms with Crippen molar-refractivity contribution < 1.29 is 9.53 Å². The Hall–Kier alpha value is -0.770. The Morgan fingerprint density at radius 2 is 2.46 bits per heavy atom. The highest BCUT2D eigenvalue weighted by atomic mass is 16.6. The first kappa shape index (κ1) is 10.3. The van der Waals surface area contributed by atoms with E-state index >= 15 is 0 Å². The molecule has 13 heavy (non-hydrogen) atoms. The fourth-order valence-corrected chi connectivity index (χ4v) is 1.61. The van der Waals surface area contributed by atoms with E-state index < -0.39 is 0 Å². The normalized spacial score (nSPS) is 25.6. The van der Waals surface area contributed by atoms with E-state index in [9.17, 15) is 4.79 Å². The van der Waals surface area contributed by atoms with Gasteiger partial charge in [-0.1, -0.05) is 6.92 Å². The van der Waals surface area contributed by atoms with E-state index in [0.29, 0.717) is 13.2 Å². The third-order valence-corrected chi connectivity index (χ3v) is 2.62. The average molecular weight is 186 g/mol. The lowest BCUT2D eigenvalue weighted by atomic mass is 10.1. The van der Waals surface area contributed by atoms with Crippen LogP contribution in [-0.4, -0.2) is 36.2 Å².